The molecule has 1 rings (SSSR count). The SMILES string of the molecule is COCCCNC1CCC(C)C1C. The van der Waals surface area contributed by atoms with Crippen LogP contribution in [0.25, 0.3) is 0 Å². The van der Waals surface area contributed by atoms with Gasteiger partial charge in [-0.3, -0.25) is 0 Å². The van der Waals surface area contributed by atoms with Crippen molar-refractivity contribution < 1.29 is 4.74 Å². The van der Waals surface area contributed by atoms with Crippen LogP contribution in [-0.4, -0.2) is 26.3 Å². The van der Waals surface area contributed by atoms with Crippen molar-refractivity contribution >= 4 is 0 Å². The molecule has 0 aliphatic heterocycles. The van der Waals surface area contributed by atoms with Gasteiger partial charge in [0.1, 0.15) is 0 Å². The second kappa shape index (κ2) is 5.61. The molecule has 3 unspecified atom stereocenters. The lowest BCUT2D eigenvalue weighted by Crippen LogP contribution is -2.33. The van der Waals surface area contributed by atoms with Gasteiger partial charge in [0, 0.05) is 19.8 Å². The first-order valence-electron chi connectivity index (χ1n) is 5.48. The van der Waals surface area contributed by atoms with Crippen molar-refractivity contribution in [2.45, 2.75) is 39.2 Å². The second-order valence-corrected chi connectivity index (χ2v) is 4.32. The van der Waals surface area contributed by atoms with E-state index >= 15 is 0 Å². The van der Waals surface area contributed by atoms with Crippen molar-refractivity contribution in [2.75, 3.05) is 20.3 Å². The zero-order valence-corrected chi connectivity index (χ0v) is 9.18. The lowest BCUT2D eigenvalue weighted by molar-refractivity contribution is 0.192. The Bertz CT molecular complexity index is 138. The molecule has 1 aliphatic carbocycles. The summed E-state index contributed by atoms with van der Waals surface area (Å²) in [7, 11) is 1.76. The van der Waals surface area contributed by atoms with Crippen LogP contribution < -0.4 is 5.32 Å². The van der Waals surface area contributed by atoms with E-state index in [4.69, 9.17) is 4.74 Å². The summed E-state index contributed by atoms with van der Waals surface area (Å²) in [6.07, 6.45) is 3.88. The predicted molar refractivity (Wildman–Crippen MR) is 55.8 cm³/mol. The fourth-order valence-corrected chi connectivity index (χ4v) is 2.16. The minimum atomic E-state index is 0.756. The molecule has 78 valence electrons. The molecule has 2 nitrogen and oxygen atoms in total. The van der Waals surface area contributed by atoms with Crippen LogP contribution in [0, 0.1) is 11.8 Å². The normalized spacial score (nSPS) is 33.9. The Labute approximate surface area is 82.0 Å². The third-order valence-corrected chi connectivity index (χ3v) is 3.40. The number of ether oxygens (including phenoxy) is 1. The van der Waals surface area contributed by atoms with Crippen LogP contribution in [-0.2, 0) is 4.74 Å². The minimum Gasteiger partial charge on any atom is -0.385 e. The summed E-state index contributed by atoms with van der Waals surface area (Å²) in [5.41, 5.74) is 0. The molecule has 0 heterocycles. The molecule has 1 fully saturated rings. The van der Waals surface area contributed by atoms with Gasteiger partial charge in [-0.1, -0.05) is 13.8 Å². The van der Waals surface area contributed by atoms with E-state index in [1.165, 1.54) is 12.8 Å². The lowest BCUT2D eigenvalue weighted by atomic mass is 9.98. The fraction of sp³-hybridized carbons (Fsp3) is 1.00. The molecule has 0 saturated heterocycles. The molecule has 0 spiro atoms. The van der Waals surface area contributed by atoms with Gasteiger partial charge in [0.05, 0.1) is 0 Å². The topological polar surface area (TPSA) is 21.3 Å². The van der Waals surface area contributed by atoms with E-state index in [2.05, 4.69) is 19.2 Å². The Morgan fingerprint density at radius 3 is 2.62 bits per heavy atom. The van der Waals surface area contributed by atoms with Crippen molar-refractivity contribution in [3.8, 4) is 0 Å². The average Bonchev–Trinajstić information content (AvgIpc) is 2.43. The summed E-state index contributed by atoms with van der Waals surface area (Å²) < 4.78 is 5.01. The Morgan fingerprint density at radius 2 is 2.08 bits per heavy atom. The molecule has 0 radical (unpaired) electrons. The molecule has 0 bridgehead atoms. The maximum Gasteiger partial charge on any atom is 0.0474 e. The minimum absolute atomic E-state index is 0.756. The highest BCUT2D eigenvalue weighted by molar-refractivity contribution is 4.84. The summed E-state index contributed by atoms with van der Waals surface area (Å²) in [6, 6.07) is 0.756. The van der Waals surface area contributed by atoms with Crippen LogP contribution in [0.1, 0.15) is 33.1 Å². The van der Waals surface area contributed by atoms with E-state index in [1.54, 1.807) is 7.11 Å². The molecule has 0 amide bonds. The first-order valence-corrected chi connectivity index (χ1v) is 5.48. The van der Waals surface area contributed by atoms with Crippen LogP contribution in [0.4, 0.5) is 0 Å². The largest absolute Gasteiger partial charge is 0.385 e. The molecular weight excluding hydrogens is 162 g/mol. The number of hydrogen-bond acceptors (Lipinski definition) is 2. The van der Waals surface area contributed by atoms with E-state index in [9.17, 15) is 0 Å². The van der Waals surface area contributed by atoms with Crippen LogP contribution in [0.5, 0.6) is 0 Å². The molecule has 3 atom stereocenters. The van der Waals surface area contributed by atoms with Crippen molar-refractivity contribution in [1.82, 2.24) is 5.32 Å². The zero-order valence-electron chi connectivity index (χ0n) is 9.18. The summed E-state index contributed by atoms with van der Waals surface area (Å²) in [4.78, 5) is 0. The molecule has 1 N–H and O–H groups in total. The molecule has 13 heavy (non-hydrogen) atoms. The van der Waals surface area contributed by atoms with E-state index in [1.807, 2.05) is 0 Å². The highest BCUT2D eigenvalue weighted by atomic mass is 16.5. The van der Waals surface area contributed by atoms with Crippen LogP contribution >= 0.6 is 0 Å². The van der Waals surface area contributed by atoms with Gasteiger partial charge in [-0.2, -0.15) is 0 Å². The van der Waals surface area contributed by atoms with Crippen LogP contribution in [0.3, 0.4) is 0 Å². The third-order valence-electron chi connectivity index (χ3n) is 3.40. The molecular formula is C11H23NO. The Balaban J connectivity index is 2.08. The molecule has 1 saturated carbocycles. The second-order valence-electron chi connectivity index (χ2n) is 4.32. The molecule has 0 aromatic rings. The van der Waals surface area contributed by atoms with Gasteiger partial charge in [-0.25, -0.2) is 0 Å². The van der Waals surface area contributed by atoms with Gasteiger partial charge in [-0.15, -0.1) is 0 Å². The van der Waals surface area contributed by atoms with Crippen molar-refractivity contribution in [2.24, 2.45) is 11.8 Å². The first-order chi connectivity index (χ1) is 6.25. The van der Waals surface area contributed by atoms with Gasteiger partial charge in [0.15, 0.2) is 0 Å². The van der Waals surface area contributed by atoms with Crippen LogP contribution in [0.2, 0.25) is 0 Å². The lowest BCUT2D eigenvalue weighted by Gasteiger charge is -2.19. The van der Waals surface area contributed by atoms with Gasteiger partial charge in [-0.05, 0) is 37.6 Å². The Morgan fingerprint density at radius 1 is 1.31 bits per heavy atom. The van der Waals surface area contributed by atoms with Gasteiger partial charge < -0.3 is 10.1 Å². The van der Waals surface area contributed by atoms with E-state index in [0.717, 1.165) is 37.5 Å². The third kappa shape index (κ3) is 3.28. The maximum atomic E-state index is 5.01. The summed E-state index contributed by atoms with van der Waals surface area (Å²) in [6.45, 7) is 6.71. The molecule has 1 aliphatic rings. The Hall–Kier alpha value is -0.0800. The molecule has 0 aromatic heterocycles. The average molecular weight is 185 g/mol. The van der Waals surface area contributed by atoms with Gasteiger partial charge >= 0.3 is 0 Å². The van der Waals surface area contributed by atoms with Gasteiger partial charge in [0.25, 0.3) is 0 Å². The highest BCUT2D eigenvalue weighted by Crippen LogP contribution is 2.30. The number of hydrogen-bond donors (Lipinski definition) is 1. The van der Waals surface area contributed by atoms with E-state index in [-0.39, 0.29) is 0 Å². The number of nitrogens with one attached hydrogen (secondary N) is 1. The maximum absolute atomic E-state index is 5.01. The van der Waals surface area contributed by atoms with Crippen molar-refractivity contribution in [1.29, 1.82) is 0 Å². The number of rotatable bonds is 5. The number of methoxy groups -OCH3 is 1. The van der Waals surface area contributed by atoms with Crippen molar-refractivity contribution in [3.63, 3.8) is 0 Å². The van der Waals surface area contributed by atoms with Crippen molar-refractivity contribution in [3.05, 3.63) is 0 Å². The smallest absolute Gasteiger partial charge is 0.0474 e. The van der Waals surface area contributed by atoms with Gasteiger partial charge in [0.2, 0.25) is 0 Å². The fourth-order valence-electron chi connectivity index (χ4n) is 2.16. The van der Waals surface area contributed by atoms with E-state index < -0.39 is 0 Å². The molecule has 0 aromatic carbocycles. The first kappa shape index (κ1) is 11.0. The summed E-state index contributed by atoms with van der Waals surface area (Å²) >= 11 is 0. The standard InChI is InChI=1S/C11H23NO/c1-9-5-6-11(10(9)2)12-7-4-8-13-3/h9-12H,4-8H2,1-3H3. The van der Waals surface area contributed by atoms with E-state index in [0.29, 0.717) is 0 Å². The summed E-state index contributed by atoms with van der Waals surface area (Å²) in [5.74, 6) is 1.75. The highest BCUT2D eigenvalue weighted by Gasteiger charge is 2.28. The molecule has 2 heteroatoms. The Kier molecular flexibility index (Phi) is 4.74. The van der Waals surface area contributed by atoms with Crippen LogP contribution in [0.15, 0.2) is 0 Å². The monoisotopic (exact) mass is 185 g/mol. The quantitative estimate of drug-likeness (QED) is 0.662. The summed E-state index contributed by atoms with van der Waals surface area (Å²) in [5, 5.41) is 3.62. The zero-order chi connectivity index (χ0) is 9.68. The predicted octanol–water partition coefficient (Wildman–Crippen LogP) is 2.05.